The summed E-state index contributed by atoms with van der Waals surface area (Å²) < 4.78 is 52.1. The second kappa shape index (κ2) is 6.16. The molecule has 0 spiro atoms. The normalized spacial score (nSPS) is 18.3. The first kappa shape index (κ1) is 17.2. The Morgan fingerprint density at radius 2 is 1.96 bits per heavy atom. The number of hydrogen-bond acceptors (Lipinski definition) is 3. The number of nitriles is 1. The number of likely N-dealkylation sites (tertiary alicyclic amines) is 1. The maximum Gasteiger partial charge on any atom is 0.419 e. The number of benzene rings is 1. The van der Waals surface area contributed by atoms with Crippen LogP contribution in [-0.4, -0.2) is 36.5 Å². The Morgan fingerprint density at radius 1 is 1.35 bits per heavy atom. The third-order valence-electron chi connectivity index (χ3n) is 3.96. The first-order valence-electron chi connectivity index (χ1n) is 6.96. The number of piperidine rings is 1. The molecule has 0 aliphatic carbocycles. The van der Waals surface area contributed by atoms with Gasteiger partial charge in [0.2, 0.25) is 0 Å². The Balaban J connectivity index is 2.26. The monoisotopic (exact) mass is 329 g/mol. The van der Waals surface area contributed by atoms with Gasteiger partial charge in [-0.3, -0.25) is 4.79 Å². The molecule has 1 saturated heterocycles. The molecule has 8 heteroatoms. The lowest BCUT2D eigenvalue weighted by atomic mass is 9.88. The Hall–Kier alpha value is -2.14. The lowest BCUT2D eigenvalue weighted by Gasteiger charge is -2.36. The van der Waals surface area contributed by atoms with Crippen molar-refractivity contribution in [3.05, 3.63) is 35.1 Å². The summed E-state index contributed by atoms with van der Waals surface area (Å²) in [6.45, 7) is 1.11. The van der Waals surface area contributed by atoms with Crippen molar-refractivity contribution in [3.63, 3.8) is 0 Å². The molecule has 124 valence electrons. The number of alkyl halides is 3. The van der Waals surface area contributed by atoms with Crippen molar-refractivity contribution in [2.45, 2.75) is 24.6 Å². The van der Waals surface area contributed by atoms with E-state index >= 15 is 0 Å². The molecule has 1 aliphatic rings. The molecule has 1 aromatic rings. The minimum Gasteiger partial charge on any atom is -0.334 e. The first-order valence-corrected chi connectivity index (χ1v) is 6.96. The van der Waals surface area contributed by atoms with Crippen LogP contribution in [0.25, 0.3) is 0 Å². The zero-order valence-electron chi connectivity index (χ0n) is 12.4. The van der Waals surface area contributed by atoms with E-state index in [0.29, 0.717) is 32.0 Å². The number of carbonyl (C=O) groups is 1. The van der Waals surface area contributed by atoms with E-state index in [-0.39, 0.29) is 0 Å². The first-order chi connectivity index (χ1) is 10.7. The smallest absolute Gasteiger partial charge is 0.334 e. The molecule has 1 amide bonds. The van der Waals surface area contributed by atoms with Gasteiger partial charge in [0.25, 0.3) is 5.91 Å². The van der Waals surface area contributed by atoms with Crippen LogP contribution >= 0.6 is 0 Å². The molecule has 0 bridgehead atoms. The average Bonchev–Trinajstić information content (AvgIpc) is 2.49. The molecule has 1 aromatic carbocycles. The molecule has 1 N–H and O–H groups in total. The van der Waals surface area contributed by atoms with E-state index in [9.17, 15) is 27.6 Å². The predicted molar refractivity (Wildman–Crippen MR) is 73.9 cm³/mol. The predicted octanol–water partition coefficient (Wildman–Crippen LogP) is 2.56. The minimum atomic E-state index is -4.89. The molecule has 23 heavy (non-hydrogen) atoms. The van der Waals surface area contributed by atoms with Gasteiger partial charge < -0.3 is 10.2 Å². The Labute approximate surface area is 130 Å². The summed E-state index contributed by atoms with van der Waals surface area (Å²) in [7, 11) is 1.86. The number of hydrogen-bond donors (Lipinski definition) is 1. The molecule has 0 saturated carbocycles. The molecule has 1 aliphatic heterocycles. The summed E-state index contributed by atoms with van der Waals surface area (Å²) in [5, 5.41) is 11.7. The fraction of sp³-hybridized carbons (Fsp3) is 0.467. The summed E-state index contributed by atoms with van der Waals surface area (Å²) in [5.41, 5.74) is -3.41. The van der Waals surface area contributed by atoms with E-state index < -0.39 is 34.6 Å². The van der Waals surface area contributed by atoms with Crippen LogP contribution in [0.3, 0.4) is 0 Å². The molecular formula is C15H15F4N3O. The summed E-state index contributed by atoms with van der Waals surface area (Å²) in [6.07, 6.45) is -4.24. The number of nitrogens with zero attached hydrogens (tertiary/aromatic N) is 2. The maximum atomic E-state index is 14.0. The summed E-state index contributed by atoms with van der Waals surface area (Å²) in [6, 6.07) is 4.51. The topological polar surface area (TPSA) is 56.1 Å². The van der Waals surface area contributed by atoms with Crippen molar-refractivity contribution < 1.29 is 22.4 Å². The SMILES string of the molecule is CN1CCC(C#N)(NC(=O)c2cccc(C(F)(F)F)c2F)CC1. The van der Waals surface area contributed by atoms with E-state index in [1.165, 1.54) is 0 Å². The van der Waals surface area contributed by atoms with Crippen molar-refractivity contribution in [2.75, 3.05) is 20.1 Å². The fourth-order valence-electron chi connectivity index (χ4n) is 2.48. The number of halogens is 4. The van der Waals surface area contributed by atoms with Gasteiger partial charge in [-0.25, -0.2) is 4.39 Å². The third-order valence-corrected chi connectivity index (χ3v) is 3.96. The van der Waals surface area contributed by atoms with Gasteiger partial charge in [0.15, 0.2) is 0 Å². The van der Waals surface area contributed by atoms with Crippen LogP contribution in [0.5, 0.6) is 0 Å². The average molecular weight is 329 g/mol. The van der Waals surface area contributed by atoms with Crippen LogP contribution in [0.2, 0.25) is 0 Å². The van der Waals surface area contributed by atoms with Gasteiger partial charge in [-0.2, -0.15) is 18.4 Å². The Kier molecular flexibility index (Phi) is 4.61. The van der Waals surface area contributed by atoms with Crippen molar-refractivity contribution >= 4 is 5.91 Å². The molecule has 2 rings (SSSR count). The molecule has 4 nitrogen and oxygen atoms in total. The molecule has 0 aromatic heterocycles. The maximum absolute atomic E-state index is 14.0. The third kappa shape index (κ3) is 3.62. The second-order valence-corrected chi connectivity index (χ2v) is 5.62. The quantitative estimate of drug-likeness (QED) is 0.849. The van der Waals surface area contributed by atoms with Crippen LogP contribution in [0.15, 0.2) is 18.2 Å². The number of amides is 1. The van der Waals surface area contributed by atoms with Crippen molar-refractivity contribution in [3.8, 4) is 6.07 Å². The van der Waals surface area contributed by atoms with Crippen molar-refractivity contribution in [1.82, 2.24) is 10.2 Å². The highest BCUT2D eigenvalue weighted by Gasteiger charge is 2.38. The molecule has 1 heterocycles. The Bertz CT molecular complexity index is 643. The van der Waals surface area contributed by atoms with Crippen LogP contribution in [0.1, 0.15) is 28.8 Å². The van der Waals surface area contributed by atoms with Gasteiger partial charge in [-0.15, -0.1) is 0 Å². The van der Waals surface area contributed by atoms with Gasteiger partial charge in [-0.05, 0) is 32.0 Å². The highest BCUT2D eigenvalue weighted by Crippen LogP contribution is 2.32. The van der Waals surface area contributed by atoms with Gasteiger partial charge in [0, 0.05) is 13.1 Å². The van der Waals surface area contributed by atoms with Gasteiger partial charge in [0.05, 0.1) is 17.2 Å². The van der Waals surface area contributed by atoms with E-state index in [1.54, 1.807) is 0 Å². The van der Waals surface area contributed by atoms with E-state index in [2.05, 4.69) is 5.32 Å². The lowest BCUT2D eigenvalue weighted by molar-refractivity contribution is -0.140. The molecule has 1 fully saturated rings. The van der Waals surface area contributed by atoms with Crippen LogP contribution in [0, 0.1) is 17.1 Å². The largest absolute Gasteiger partial charge is 0.419 e. The van der Waals surface area contributed by atoms with Crippen molar-refractivity contribution in [1.29, 1.82) is 5.26 Å². The van der Waals surface area contributed by atoms with Crippen LogP contribution in [0.4, 0.5) is 17.6 Å². The number of nitrogens with one attached hydrogen (secondary N) is 1. The molecule has 0 atom stereocenters. The lowest BCUT2D eigenvalue weighted by Crippen LogP contribution is -2.54. The highest BCUT2D eigenvalue weighted by molar-refractivity contribution is 5.95. The Morgan fingerprint density at radius 3 is 2.48 bits per heavy atom. The second-order valence-electron chi connectivity index (χ2n) is 5.62. The summed E-state index contributed by atoms with van der Waals surface area (Å²) in [5.74, 6) is -2.64. The number of rotatable bonds is 2. The van der Waals surface area contributed by atoms with E-state index in [4.69, 9.17) is 0 Å². The zero-order valence-corrected chi connectivity index (χ0v) is 12.4. The zero-order chi connectivity index (χ0) is 17.3. The molecular weight excluding hydrogens is 314 g/mol. The van der Waals surface area contributed by atoms with E-state index in [1.807, 2.05) is 18.0 Å². The van der Waals surface area contributed by atoms with Gasteiger partial charge in [0.1, 0.15) is 11.4 Å². The highest BCUT2D eigenvalue weighted by atomic mass is 19.4. The molecule has 0 unspecified atom stereocenters. The number of carbonyl (C=O) groups excluding carboxylic acids is 1. The van der Waals surface area contributed by atoms with Gasteiger partial charge >= 0.3 is 6.18 Å². The van der Waals surface area contributed by atoms with Crippen molar-refractivity contribution in [2.24, 2.45) is 0 Å². The van der Waals surface area contributed by atoms with E-state index in [0.717, 1.165) is 12.1 Å². The van der Waals surface area contributed by atoms with Crippen LogP contribution in [-0.2, 0) is 6.18 Å². The van der Waals surface area contributed by atoms with Gasteiger partial charge in [-0.1, -0.05) is 6.07 Å². The minimum absolute atomic E-state index is 0.326. The summed E-state index contributed by atoms with van der Waals surface area (Å²) >= 11 is 0. The summed E-state index contributed by atoms with van der Waals surface area (Å²) in [4.78, 5) is 14.1. The standard InChI is InChI=1S/C15H15F4N3O/c1-22-7-5-14(9-20,6-8-22)21-13(23)10-3-2-4-11(12(10)16)15(17,18)19/h2-4H,5-8H2,1H3,(H,21,23). The fourth-order valence-corrected chi connectivity index (χ4v) is 2.48. The van der Waals surface area contributed by atoms with Crippen LogP contribution < -0.4 is 5.32 Å². The molecule has 0 radical (unpaired) electrons.